The van der Waals surface area contributed by atoms with Crippen LogP contribution in [-0.4, -0.2) is 30.0 Å². The Balaban J connectivity index is 2.67. The Hall–Kier alpha value is -1.06. The molecule has 0 heterocycles. The zero-order valence-electron chi connectivity index (χ0n) is 12.1. The Morgan fingerprint density at radius 3 is 2.42 bits per heavy atom. The summed E-state index contributed by atoms with van der Waals surface area (Å²) in [5, 5.41) is 18.2. The van der Waals surface area contributed by atoms with Gasteiger partial charge in [0.25, 0.3) is 0 Å². The molecule has 0 aliphatic heterocycles. The second kappa shape index (κ2) is 8.94. The summed E-state index contributed by atoms with van der Waals surface area (Å²) in [6, 6.07) is 6.23. The lowest BCUT2D eigenvalue weighted by Crippen LogP contribution is -2.12. The maximum Gasteiger partial charge on any atom is 0.119 e. The molecule has 0 amide bonds. The van der Waals surface area contributed by atoms with E-state index in [0.29, 0.717) is 0 Å². The standard InChI is InChI=1S/C16H26O3/c1-3-9-19-16-8-7-15(14(4-2)10-16)6-5-13(11-17)12-18/h7-8,10,13,17-18H,3-6,9,11-12H2,1-2H3. The van der Waals surface area contributed by atoms with Crippen LogP contribution in [0.4, 0.5) is 0 Å². The van der Waals surface area contributed by atoms with Gasteiger partial charge in [-0.1, -0.05) is 19.9 Å². The summed E-state index contributed by atoms with van der Waals surface area (Å²) >= 11 is 0. The molecule has 3 heteroatoms. The number of ether oxygens (including phenoxy) is 1. The van der Waals surface area contributed by atoms with E-state index in [1.165, 1.54) is 11.1 Å². The van der Waals surface area contributed by atoms with Crippen LogP contribution >= 0.6 is 0 Å². The van der Waals surface area contributed by atoms with Crippen LogP contribution in [0.5, 0.6) is 5.75 Å². The highest BCUT2D eigenvalue weighted by atomic mass is 16.5. The molecule has 0 radical (unpaired) electrons. The van der Waals surface area contributed by atoms with Gasteiger partial charge in [0.05, 0.1) is 6.61 Å². The van der Waals surface area contributed by atoms with Gasteiger partial charge in [0.15, 0.2) is 0 Å². The Bertz CT molecular complexity index is 359. The van der Waals surface area contributed by atoms with Gasteiger partial charge >= 0.3 is 0 Å². The normalized spacial score (nSPS) is 11.0. The van der Waals surface area contributed by atoms with E-state index in [4.69, 9.17) is 14.9 Å². The number of hydrogen-bond donors (Lipinski definition) is 2. The summed E-state index contributed by atoms with van der Waals surface area (Å²) in [5.41, 5.74) is 2.58. The zero-order valence-corrected chi connectivity index (χ0v) is 12.1. The molecule has 0 saturated carbocycles. The van der Waals surface area contributed by atoms with E-state index in [1.54, 1.807) is 0 Å². The number of benzene rings is 1. The van der Waals surface area contributed by atoms with Crippen LogP contribution in [0.1, 0.15) is 37.8 Å². The fourth-order valence-electron chi connectivity index (χ4n) is 2.08. The van der Waals surface area contributed by atoms with Gasteiger partial charge in [-0.25, -0.2) is 0 Å². The highest BCUT2D eigenvalue weighted by molar-refractivity contribution is 5.36. The molecule has 0 spiro atoms. The monoisotopic (exact) mass is 266 g/mol. The molecule has 0 bridgehead atoms. The van der Waals surface area contributed by atoms with E-state index in [1.807, 2.05) is 6.07 Å². The molecule has 0 aromatic heterocycles. The molecule has 3 nitrogen and oxygen atoms in total. The number of aliphatic hydroxyl groups excluding tert-OH is 2. The number of aryl methyl sites for hydroxylation is 2. The lowest BCUT2D eigenvalue weighted by Gasteiger charge is -2.14. The van der Waals surface area contributed by atoms with Crippen molar-refractivity contribution in [2.24, 2.45) is 5.92 Å². The molecule has 0 aliphatic carbocycles. The molecule has 0 atom stereocenters. The maximum absolute atomic E-state index is 9.09. The van der Waals surface area contributed by atoms with Gasteiger partial charge in [-0.3, -0.25) is 0 Å². The second-order valence-corrected chi connectivity index (χ2v) is 4.90. The predicted molar refractivity (Wildman–Crippen MR) is 77.6 cm³/mol. The first-order valence-corrected chi connectivity index (χ1v) is 7.21. The predicted octanol–water partition coefficient (Wildman–Crippen LogP) is 2.57. The summed E-state index contributed by atoms with van der Waals surface area (Å²) in [6.07, 6.45) is 3.69. The largest absolute Gasteiger partial charge is 0.494 e. The van der Waals surface area contributed by atoms with Crippen LogP contribution in [0.2, 0.25) is 0 Å². The smallest absolute Gasteiger partial charge is 0.119 e. The Kier molecular flexibility index (Phi) is 7.53. The van der Waals surface area contributed by atoms with Crippen LogP contribution < -0.4 is 4.74 Å². The van der Waals surface area contributed by atoms with Crippen molar-refractivity contribution in [1.82, 2.24) is 0 Å². The Labute approximate surface area is 116 Å². The summed E-state index contributed by atoms with van der Waals surface area (Å²) in [6.45, 7) is 5.09. The van der Waals surface area contributed by atoms with Gasteiger partial charge in [0.2, 0.25) is 0 Å². The minimum absolute atomic E-state index is 0.0132. The third-order valence-corrected chi connectivity index (χ3v) is 3.37. The van der Waals surface area contributed by atoms with Gasteiger partial charge in [-0.15, -0.1) is 0 Å². The number of rotatable bonds is 9. The summed E-state index contributed by atoms with van der Waals surface area (Å²) in [4.78, 5) is 0. The van der Waals surface area contributed by atoms with E-state index >= 15 is 0 Å². The first-order valence-electron chi connectivity index (χ1n) is 7.21. The number of aliphatic hydroxyl groups is 2. The van der Waals surface area contributed by atoms with Crippen molar-refractivity contribution in [2.45, 2.75) is 39.5 Å². The minimum atomic E-state index is -0.0132. The molecular formula is C16H26O3. The average molecular weight is 266 g/mol. The van der Waals surface area contributed by atoms with Crippen molar-refractivity contribution < 1.29 is 14.9 Å². The van der Waals surface area contributed by atoms with Crippen molar-refractivity contribution in [1.29, 1.82) is 0 Å². The molecule has 19 heavy (non-hydrogen) atoms. The molecule has 0 saturated heterocycles. The van der Waals surface area contributed by atoms with Gasteiger partial charge in [-0.2, -0.15) is 0 Å². The van der Waals surface area contributed by atoms with Crippen LogP contribution in [0.3, 0.4) is 0 Å². The molecule has 2 N–H and O–H groups in total. The van der Waals surface area contributed by atoms with Crippen LogP contribution in [0.25, 0.3) is 0 Å². The SMILES string of the molecule is CCCOc1ccc(CCC(CO)CO)c(CC)c1. The third-order valence-electron chi connectivity index (χ3n) is 3.37. The average Bonchev–Trinajstić information content (AvgIpc) is 2.46. The molecule has 1 aromatic rings. The first kappa shape index (κ1) is 16.0. The maximum atomic E-state index is 9.09. The molecule has 108 valence electrons. The Morgan fingerprint density at radius 1 is 1.11 bits per heavy atom. The summed E-state index contributed by atoms with van der Waals surface area (Å²) in [5.74, 6) is 0.920. The van der Waals surface area contributed by atoms with Gasteiger partial charge < -0.3 is 14.9 Å². The second-order valence-electron chi connectivity index (χ2n) is 4.90. The topological polar surface area (TPSA) is 49.7 Å². The quantitative estimate of drug-likeness (QED) is 0.722. The van der Waals surface area contributed by atoms with E-state index in [9.17, 15) is 0 Å². The van der Waals surface area contributed by atoms with Crippen molar-refractivity contribution in [3.05, 3.63) is 29.3 Å². The van der Waals surface area contributed by atoms with Gasteiger partial charge in [0.1, 0.15) is 5.75 Å². The minimum Gasteiger partial charge on any atom is -0.494 e. The summed E-state index contributed by atoms with van der Waals surface area (Å²) in [7, 11) is 0. The zero-order chi connectivity index (χ0) is 14.1. The highest BCUT2D eigenvalue weighted by Crippen LogP contribution is 2.21. The van der Waals surface area contributed by atoms with Crippen molar-refractivity contribution in [3.8, 4) is 5.75 Å². The van der Waals surface area contributed by atoms with Gasteiger partial charge in [0, 0.05) is 19.1 Å². The van der Waals surface area contributed by atoms with Crippen LogP contribution in [0, 0.1) is 5.92 Å². The highest BCUT2D eigenvalue weighted by Gasteiger charge is 2.09. The molecule has 1 rings (SSSR count). The van der Waals surface area contributed by atoms with Crippen molar-refractivity contribution >= 4 is 0 Å². The first-order chi connectivity index (χ1) is 9.24. The van der Waals surface area contributed by atoms with Crippen LogP contribution in [0.15, 0.2) is 18.2 Å². The molecule has 0 aliphatic rings. The van der Waals surface area contributed by atoms with Gasteiger partial charge in [-0.05, 0) is 48.9 Å². The fourth-order valence-corrected chi connectivity index (χ4v) is 2.08. The van der Waals surface area contributed by atoms with E-state index in [0.717, 1.165) is 38.0 Å². The lowest BCUT2D eigenvalue weighted by atomic mass is 9.96. The fraction of sp³-hybridized carbons (Fsp3) is 0.625. The van der Waals surface area contributed by atoms with E-state index in [-0.39, 0.29) is 19.1 Å². The molecule has 0 fully saturated rings. The summed E-state index contributed by atoms with van der Waals surface area (Å²) < 4.78 is 5.64. The van der Waals surface area contributed by atoms with Crippen molar-refractivity contribution in [3.63, 3.8) is 0 Å². The van der Waals surface area contributed by atoms with Crippen LogP contribution in [-0.2, 0) is 12.8 Å². The molecule has 1 aromatic carbocycles. The Morgan fingerprint density at radius 2 is 1.84 bits per heavy atom. The lowest BCUT2D eigenvalue weighted by molar-refractivity contribution is 0.144. The molecular weight excluding hydrogens is 240 g/mol. The molecule has 0 unspecified atom stereocenters. The van der Waals surface area contributed by atoms with Crippen molar-refractivity contribution in [2.75, 3.05) is 19.8 Å². The number of hydrogen-bond acceptors (Lipinski definition) is 3. The third kappa shape index (κ3) is 5.21. The van der Waals surface area contributed by atoms with E-state index < -0.39 is 0 Å². The van der Waals surface area contributed by atoms with E-state index in [2.05, 4.69) is 26.0 Å².